The molecule has 8 nitrogen and oxygen atoms in total. The standard InChI is InChI=1S/C21H32N4O4S/c1-4-23(5-2)13-10-22-21(27)20-15-17-14-18(8-9-19(17)25(20)16(3)26)30(28,29)24-11-6-7-12-24/h8-9,14,20H,4-7,10-13,15H2,1-3H3,(H,22,27)/t20-/m1/s1. The molecule has 1 atom stereocenters. The third-order valence-electron chi connectivity index (χ3n) is 6.00. The summed E-state index contributed by atoms with van der Waals surface area (Å²) in [7, 11) is -3.54. The van der Waals surface area contributed by atoms with Gasteiger partial charge in [0.05, 0.1) is 4.90 Å². The summed E-state index contributed by atoms with van der Waals surface area (Å²) in [4.78, 5) is 29.0. The van der Waals surface area contributed by atoms with Crippen molar-refractivity contribution in [2.45, 2.75) is 51.0 Å². The summed E-state index contributed by atoms with van der Waals surface area (Å²) in [6, 6.07) is 4.17. The predicted molar refractivity (Wildman–Crippen MR) is 116 cm³/mol. The van der Waals surface area contributed by atoms with Crippen molar-refractivity contribution < 1.29 is 18.0 Å². The first kappa shape index (κ1) is 22.7. The molecule has 2 amide bonds. The number of hydrogen-bond donors (Lipinski definition) is 1. The van der Waals surface area contributed by atoms with Crippen molar-refractivity contribution in [2.24, 2.45) is 0 Å². The maximum absolute atomic E-state index is 12.9. The second-order valence-corrected chi connectivity index (χ2v) is 9.77. The van der Waals surface area contributed by atoms with Crippen LogP contribution in [0.15, 0.2) is 23.1 Å². The average Bonchev–Trinajstić information content (AvgIpc) is 3.38. The maximum atomic E-state index is 12.9. The molecule has 0 bridgehead atoms. The number of sulfonamides is 1. The zero-order chi connectivity index (χ0) is 21.9. The monoisotopic (exact) mass is 436 g/mol. The van der Waals surface area contributed by atoms with Gasteiger partial charge >= 0.3 is 0 Å². The van der Waals surface area contributed by atoms with Crippen LogP contribution < -0.4 is 10.2 Å². The van der Waals surface area contributed by atoms with Crippen molar-refractivity contribution in [3.63, 3.8) is 0 Å². The molecule has 2 aliphatic heterocycles. The zero-order valence-electron chi connectivity index (χ0n) is 18.1. The number of likely N-dealkylation sites (N-methyl/N-ethyl adjacent to an activating group) is 1. The lowest BCUT2D eigenvalue weighted by molar-refractivity contribution is -0.125. The van der Waals surface area contributed by atoms with Gasteiger partial charge < -0.3 is 10.2 Å². The number of benzene rings is 1. The average molecular weight is 437 g/mol. The summed E-state index contributed by atoms with van der Waals surface area (Å²) in [5, 5.41) is 2.93. The van der Waals surface area contributed by atoms with E-state index in [0.717, 1.165) is 38.0 Å². The van der Waals surface area contributed by atoms with E-state index in [4.69, 9.17) is 0 Å². The molecule has 1 aromatic carbocycles. The first-order chi connectivity index (χ1) is 14.3. The second kappa shape index (κ2) is 9.45. The highest BCUT2D eigenvalue weighted by atomic mass is 32.2. The van der Waals surface area contributed by atoms with Gasteiger partial charge in [-0.25, -0.2) is 8.42 Å². The van der Waals surface area contributed by atoms with E-state index >= 15 is 0 Å². The Labute approximate surface area is 179 Å². The van der Waals surface area contributed by atoms with Gasteiger partial charge in [0.15, 0.2) is 0 Å². The van der Waals surface area contributed by atoms with Crippen LogP contribution in [0.2, 0.25) is 0 Å². The summed E-state index contributed by atoms with van der Waals surface area (Å²) in [5.41, 5.74) is 1.33. The molecule has 1 aromatic rings. The normalized spacial score (nSPS) is 19.3. The van der Waals surface area contributed by atoms with Crippen LogP contribution in [0.5, 0.6) is 0 Å². The summed E-state index contributed by atoms with van der Waals surface area (Å²) in [6.07, 6.45) is 2.06. The Balaban J connectivity index is 1.77. The van der Waals surface area contributed by atoms with Crippen LogP contribution in [-0.2, 0) is 26.0 Å². The fourth-order valence-electron chi connectivity index (χ4n) is 4.26. The largest absolute Gasteiger partial charge is 0.353 e. The number of nitrogens with zero attached hydrogens (tertiary/aromatic N) is 3. The van der Waals surface area contributed by atoms with E-state index in [9.17, 15) is 18.0 Å². The van der Waals surface area contributed by atoms with Crippen molar-refractivity contribution in [3.8, 4) is 0 Å². The van der Waals surface area contributed by atoms with Crippen molar-refractivity contribution in [2.75, 3.05) is 44.2 Å². The fraction of sp³-hybridized carbons (Fsp3) is 0.619. The fourth-order valence-corrected chi connectivity index (χ4v) is 5.83. The Kier molecular flexibility index (Phi) is 7.15. The highest BCUT2D eigenvalue weighted by Gasteiger charge is 2.38. The molecule has 2 heterocycles. The molecule has 9 heteroatoms. The van der Waals surface area contributed by atoms with Gasteiger partial charge in [-0.15, -0.1) is 0 Å². The molecular weight excluding hydrogens is 404 g/mol. The van der Waals surface area contributed by atoms with Crippen LogP contribution in [-0.4, -0.2) is 74.7 Å². The van der Waals surface area contributed by atoms with E-state index in [1.54, 1.807) is 18.2 Å². The van der Waals surface area contributed by atoms with Crippen molar-refractivity contribution in [1.82, 2.24) is 14.5 Å². The SMILES string of the molecule is CCN(CC)CCNC(=O)[C@H]1Cc2cc(S(=O)(=O)N3CCCC3)ccc2N1C(C)=O. The van der Waals surface area contributed by atoms with Gasteiger partial charge in [-0.2, -0.15) is 4.31 Å². The molecule has 0 aliphatic carbocycles. The lowest BCUT2D eigenvalue weighted by Gasteiger charge is -2.24. The Hall–Kier alpha value is -1.97. The molecular formula is C21H32N4O4S. The zero-order valence-corrected chi connectivity index (χ0v) is 18.9. The Bertz CT molecular complexity index is 892. The van der Waals surface area contributed by atoms with Crippen LogP contribution >= 0.6 is 0 Å². The predicted octanol–water partition coefficient (Wildman–Crippen LogP) is 1.21. The van der Waals surface area contributed by atoms with Gasteiger partial charge in [0.1, 0.15) is 6.04 Å². The minimum atomic E-state index is -3.54. The smallest absolute Gasteiger partial charge is 0.243 e. The number of fused-ring (bicyclic) bond motifs is 1. The van der Waals surface area contributed by atoms with Crippen LogP contribution in [0.4, 0.5) is 5.69 Å². The molecule has 1 saturated heterocycles. The molecule has 30 heavy (non-hydrogen) atoms. The van der Waals surface area contributed by atoms with Crippen LogP contribution in [0.25, 0.3) is 0 Å². The van der Waals surface area contributed by atoms with E-state index in [-0.39, 0.29) is 16.7 Å². The number of rotatable bonds is 8. The van der Waals surface area contributed by atoms with Gasteiger partial charge in [0.2, 0.25) is 21.8 Å². The molecule has 2 aliphatic rings. The molecule has 3 rings (SSSR count). The van der Waals surface area contributed by atoms with E-state index in [1.807, 2.05) is 0 Å². The second-order valence-electron chi connectivity index (χ2n) is 7.83. The van der Waals surface area contributed by atoms with E-state index in [1.165, 1.54) is 16.1 Å². The molecule has 0 spiro atoms. The van der Waals surface area contributed by atoms with Gasteiger partial charge in [0.25, 0.3) is 0 Å². The van der Waals surface area contributed by atoms with Crippen LogP contribution in [0.3, 0.4) is 0 Å². The Morgan fingerprint density at radius 2 is 1.83 bits per heavy atom. The summed E-state index contributed by atoms with van der Waals surface area (Å²) >= 11 is 0. The molecule has 0 saturated carbocycles. The van der Waals surface area contributed by atoms with Gasteiger partial charge in [-0.3, -0.25) is 14.5 Å². The van der Waals surface area contributed by atoms with Crippen molar-refractivity contribution in [1.29, 1.82) is 0 Å². The van der Waals surface area contributed by atoms with Gasteiger partial charge in [-0.1, -0.05) is 13.8 Å². The van der Waals surface area contributed by atoms with Crippen LogP contribution in [0, 0.1) is 0 Å². The van der Waals surface area contributed by atoms with E-state index in [0.29, 0.717) is 31.7 Å². The van der Waals surface area contributed by atoms with Crippen molar-refractivity contribution >= 4 is 27.5 Å². The minimum Gasteiger partial charge on any atom is -0.353 e. The first-order valence-electron chi connectivity index (χ1n) is 10.7. The molecule has 1 N–H and O–H groups in total. The summed E-state index contributed by atoms with van der Waals surface area (Å²) < 4.78 is 27.3. The van der Waals surface area contributed by atoms with E-state index in [2.05, 4.69) is 24.1 Å². The van der Waals surface area contributed by atoms with E-state index < -0.39 is 16.1 Å². The van der Waals surface area contributed by atoms with Gasteiger partial charge in [-0.05, 0) is 49.7 Å². The first-order valence-corrected chi connectivity index (χ1v) is 12.2. The topological polar surface area (TPSA) is 90.0 Å². The van der Waals surface area contributed by atoms with Crippen LogP contribution in [0.1, 0.15) is 39.2 Å². The number of amides is 2. The molecule has 1 fully saturated rings. The summed E-state index contributed by atoms with van der Waals surface area (Å²) in [5.74, 6) is -0.440. The summed E-state index contributed by atoms with van der Waals surface area (Å²) in [6.45, 7) is 9.73. The van der Waals surface area contributed by atoms with Crippen molar-refractivity contribution in [3.05, 3.63) is 23.8 Å². The molecule has 0 aromatic heterocycles. The number of carbonyl (C=O) groups is 2. The Morgan fingerprint density at radius 1 is 1.17 bits per heavy atom. The highest BCUT2D eigenvalue weighted by Crippen LogP contribution is 2.35. The number of nitrogens with one attached hydrogen (secondary N) is 1. The number of carbonyl (C=O) groups excluding carboxylic acids is 2. The highest BCUT2D eigenvalue weighted by molar-refractivity contribution is 7.89. The lowest BCUT2D eigenvalue weighted by Crippen LogP contribution is -2.48. The quantitative estimate of drug-likeness (QED) is 0.662. The Morgan fingerprint density at radius 3 is 2.43 bits per heavy atom. The van der Waals surface area contributed by atoms with Gasteiger partial charge in [0, 0.05) is 45.2 Å². The molecule has 0 radical (unpaired) electrons. The third kappa shape index (κ3) is 4.53. The molecule has 166 valence electrons. The third-order valence-corrected chi connectivity index (χ3v) is 7.90. The number of anilines is 1. The minimum absolute atomic E-state index is 0.211. The molecule has 0 unspecified atom stereocenters. The maximum Gasteiger partial charge on any atom is 0.243 e. The lowest BCUT2D eigenvalue weighted by atomic mass is 10.1. The number of hydrogen-bond acceptors (Lipinski definition) is 5.